The second-order valence-corrected chi connectivity index (χ2v) is 15.0. The van der Waals surface area contributed by atoms with Crippen molar-refractivity contribution in [1.29, 1.82) is 0 Å². The molecule has 15 heteroatoms. The fourth-order valence-electron chi connectivity index (χ4n) is 6.79. The third-order valence-electron chi connectivity index (χ3n) is 9.86. The molecule has 13 nitrogen and oxygen atoms in total. The van der Waals surface area contributed by atoms with Crippen molar-refractivity contribution in [3.05, 3.63) is 101 Å². The lowest BCUT2D eigenvalue weighted by Gasteiger charge is -2.32. The summed E-state index contributed by atoms with van der Waals surface area (Å²) < 4.78 is 0. The maximum Gasteiger partial charge on any atom is 0.245 e. The lowest BCUT2D eigenvalue weighted by atomic mass is 10.0. The van der Waals surface area contributed by atoms with E-state index in [1.807, 2.05) is 60.8 Å². The first-order valence-electron chi connectivity index (χ1n) is 18.5. The zero-order valence-electron chi connectivity index (χ0n) is 30.8. The number of rotatable bonds is 10. The second-order valence-electron chi connectivity index (χ2n) is 13.6. The Morgan fingerprint density at radius 1 is 0.873 bits per heavy atom. The fraction of sp³-hybridized carbons (Fsp3) is 0.350. The molecule has 5 aromatic rings. The summed E-state index contributed by atoms with van der Waals surface area (Å²) in [6, 6.07) is 14.8. The summed E-state index contributed by atoms with van der Waals surface area (Å²) in [5, 5.41) is 19.7. The molecule has 0 aliphatic carbocycles. The molecule has 6 rings (SSSR count). The summed E-state index contributed by atoms with van der Waals surface area (Å²) in [6.45, 7) is 1.28. The van der Waals surface area contributed by atoms with Crippen molar-refractivity contribution in [3.63, 3.8) is 0 Å². The number of nitrogens with one attached hydrogen (secondary N) is 4. The van der Waals surface area contributed by atoms with Gasteiger partial charge < -0.3 is 37.3 Å². The Labute approximate surface area is 329 Å². The number of likely N-dealkylation sites (N-methyl/N-ethyl adjacent to an activating group) is 1. The van der Waals surface area contributed by atoms with Gasteiger partial charge in [-0.1, -0.05) is 47.6 Å². The van der Waals surface area contributed by atoms with Gasteiger partial charge in [-0.25, -0.2) is 4.98 Å². The molecule has 1 aliphatic rings. The number of carbonyl (C=O) groups is 3. The van der Waals surface area contributed by atoms with Crippen LogP contribution >= 0.6 is 23.4 Å². The van der Waals surface area contributed by atoms with Crippen LogP contribution in [0, 0.1) is 0 Å². The number of H-pyrrole nitrogens is 1. The molecule has 2 aromatic carbocycles. The van der Waals surface area contributed by atoms with E-state index in [0.29, 0.717) is 66.7 Å². The molecule has 8 N–H and O–H groups in total. The number of hydrogen-bond donors (Lipinski definition) is 6. The van der Waals surface area contributed by atoms with E-state index in [1.54, 1.807) is 25.6 Å². The van der Waals surface area contributed by atoms with Crippen molar-refractivity contribution < 1.29 is 14.4 Å². The number of nitrogens with zero attached hydrogens (tertiary/aromatic N) is 4. The van der Waals surface area contributed by atoms with E-state index in [0.717, 1.165) is 38.7 Å². The minimum absolute atomic E-state index is 0.109. The summed E-state index contributed by atoms with van der Waals surface area (Å²) in [7, 11) is 1.62. The number of fused-ring (bicyclic) bond motifs is 3. The topological polar surface area (TPSA) is 197 Å². The van der Waals surface area contributed by atoms with Gasteiger partial charge in [-0.3, -0.25) is 14.4 Å². The van der Waals surface area contributed by atoms with Crippen LogP contribution in [0.3, 0.4) is 0 Å². The van der Waals surface area contributed by atoms with Gasteiger partial charge in [0.25, 0.3) is 0 Å². The van der Waals surface area contributed by atoms with Crippen LogP contribution in [0.4, 0.5) is 0 Å². The van der Waals surface area contributed by atoms with E-state index in [2.05, 4.69) is 31.1 Å². The Kier molecular flexibility index (Phi) is 13.9. The Balaban J connectivity index is 1.44. The van der Waals surface area contributed by atoms with Crippen LogP contribution in [0.1, 0.15) is 48.8 Å². The van der Waals surface area contributed by atoms with Gasteiger partial charge in [-0.05, 0) is 97.8 Å². The predicted octanol–water partition coefficient (Wildman–Crippen LogP) is 4.33. The van der Waals surface area contributed by atoms with E-state index >= 15 is 0 Å². The summed E-state index contributed by atoms with van der Waals surface area (Å²) in [4.78, 5) is 53.3. The minimum Gasteiger partial charge on any atom is -0.361 e. The molecule has 0 radical (unpaired) electrons. The molecule has 0 bridgehead atoms. The molecule has 0 unspecified atom stereocenters. The number of aromatic amines is 1. The lowest BCUT2D eigenvalue weighted by molar-refractivity contribution is -0.142. The average Bonchev–Trinajstić information content (AvgIpc) is 3.62. The molecule has 0 fully saturated rings. The Morgan fingerprint density at radius 3 is 2.49 bits per heavy atom. The predicted molar refractivity (Wildman–Crippen MR) is 215 cm³/mol. The van der Waals surface area contributed by atoms with E-state index < -0.39 is 18.1 Å². The van der Waals surface area contributed by atoms with Crippen LogP contribution in [-0.4, -0.2) is 81.0 Å². The highest BCUT2D eigenvalue weighted by atomic mass is 35.5. The SMILES string of the molecule is CN1C(=O)[C@H](CCCCN)NC(=O)[C@H](CCCN)NCc2cccnc2Sc2c(Cl)cc(-c3ccnnc3)cc2CNC(=O)[C@@H]1Cc1c[nH]c2ccccc12. The van der Waals surface area contributed by atoms with E-state index in [9.17, 15) is 14.4 Å². The maximum atomic E-state index is 14.5. The summed E-state index contributed by atoms with van der Waals surface area (Å²) in [5.74, 6) is -1.05. The smallest absolute Gasteiger partial charge is 0.245 e. The number of hydrogen-bond acceptors (Lipinski definition) is 10. The highest BCUT2D eigenvalue weighted by molar-refractivity contribution is 7.99. The molecule has 1 aliphatic heterocycles. The fourth-order valence-corrected chi connectivity index (χ4v) is 8.14. The molecule has 3 aromatic heterocycles. The normalized spacial score (nSPS) is 18.7. The van der Waals surface area contributed by atoms with Gasteiger partial charge >= 0.3 is 0 Å². The largest absolute Gasteiger partial charge is 0.361 e. The molecule has 288 valence electrons. The number of nitrogens with two attached hydrogens (primary N) is 2. The first-order chi connectivity index (χ1) is 26.8. The number of pyridine rings is 1. The van der Waals surface area contributed by atoms with Gasteiger partial charge in [0.1, 0.15) is 17.1 Å². The van der Waals surface area contributed by atoms with Crippen molar-refractivity contribution in [2.75, 3.05) is 20.1 Å². The van der Waals surface area contributed by atoms with Gasteiger partial charge in [0.15, 0.2) is 0 Å². The monoisotopic (exact) mass is 782 g/mol. The first kappa shape index (κ1) is 39.8. The van der Waals surface area contributed by atoms with Gasteiger partial charge in [0.2, 0.25) is 17.7 Å². The maximum absolute atomic E-state index is 14.5. The van der Waals surface area contributed by atoms with Gasteiger partial charge in [-0.2, -0.15) is 10.2 Å². The Hall–Kier alpha value is -4.86. The van der Waals surface area contributed by atoms with Gasteiger partial charge in [0, 0.05) is 60.3 Å². The van der Waals surface area contributed by atoms with Crippen molar-refractivity contribution in [2.24, 2.45) is 11.5 Å². The standard InChI is InChI=1S/C40H47ClN10O3S/c1-51-35(20-28-22-45-32-10-3-2-9-30(28)32)38(53)47-23-29-18-27(25-13-17-48-49-24-25)19-31(41)36(29)55-39-26(8-7-16-44-39)21-46-33(12-6-15-43)37(52)50-34(40(51)54)11-4-5-14-42/h2-3,7-10,13,16-19,22,24,33-35,45-46H,4-6,11-12,14-15,20-21,23,42-43H2,1H3,(H,47,53)(H,50,52)/t33-,34-,35-/m0/s1. The summed E-state index contributed by atoms with van der Waals surface area (Å²) in [6.07, 6.45) is 9.78. The van der Waals surface area contributed by atoms with Crippen LogP contribution in [0.2, 0.25) is 5.02 Å². The number of benzene rings is 2. The van der Waals surface area contributed by atoms with Crippen molar-refractivity contribution in [1.82, 2.24) is 41.0 Å². The van der Waals surface area contributed by atoms with E-state index in [4.69, 9.17) is 28.1 Å². The number of amides is 3. The molecule has 0 spiro atoms. The summed E-state index contributed by atoms with van der Waals surface area (Å²) >= 11 is 8.46. The number of aromatic nitrogens is 4. The molecule has 0 saturated carbocycles. The number of carbonyl (C=O) groups excluding carboxylic acids is 3. The van der Waals surface area contributed by atoms with Gasteiger partial charge in [-0.15, -0.1) is 0 Å². The zero-order chi connectivity index (χ0) is 38.7. The van der Waals surface area contributed by atoms with Gasteiger partial charge in [0.05, 0.1) is 23.5 Å². The lowest BCUT2D eigenvalue weighted by Crippen LogP contribution is -2.57. The van der Waals surface area contributed by atoms with E-state index in [-0.39, 0.29) is 30.7 Å². The molecular formula is C40H47ClN10O3S. The molecule has 4 heterocycles. The minimum atomic E-state index is -0.927. The quantitative estimate of drug-likeness (QED) is 0.111. The van der Waals surface area contributed by atoms with Crippen LogP contribution in [0.15, 0.2) is 89.3 Å². The number of halogens is 1. The zero-order valence-corrected chi connectivity index (χ0v) is 32.3. The van der Waals surface area contributed by atoms with Crippen LogP contribution < -0.4 is 27.4 Å². The van der Waals surface area contributed by atoms with Crippen molar-refractivity contribution >= 4 is 52.0 Å². The number of unbranched alkanes of at least 4 members (excludes halogenated alkanes) is 1. The van der Waals surface area contributed by atoms with E-state index in [1.165, 1.54) is 16.7 Å². The van der Waals surface area contributed by atoms with Crippen molar-refractivity contribution in [2.45, 2.75) is 79.7 Å². The highest BCUT2D eigenvalue weighted by Crippen LogP contribution is 2.39. The molecule has 0 saturated heterocycles. The van der Waals surface area contributed by atoms with Crippen molar-refractivity contribution in [3.8, 4) is 11.1 Å². The first-order valence-corrected chi connectivity index (χ1v) is 19.7. The molecule has 3 amide bonds. The Bertz CT molecular complexity index is 2100. The second kappa shape index (κ2) is 19.1. The third-order valence-corrected chi connectivity index (χ3v) is 11.5. The van der Waals surface area contributed by atoms with Crippen LogP contribution in [0.25, 0.3) is 22.0 Å². The number of para-hydroxylation sites is 1. The average molecular weight is 783 g/mol. The third kappa shape index (κ3) is 9.88. The molecule has 3 atom stereocenters. The summed E-state index contributed by atoms with van der Waals surface area (Å²) in [5.41, 5.74) is 16.7. The molecular weight excluding hydrogens is 736 g/mol. The Morgan fingerprint density at radius 2 is 1.69 bits per heavy atom. The van der Waals surface area contributed by atoms with Crippen LogP contribution in [-0.2, 0) is 33.9 Å². The highest BCUT2D eigenvalue weighted by Gasteiger charge is 2.34. The van der Waals surface area contributed by atoms with Crippen LogP contribution in [0.5, 0.6) is 0 Å². The molecule has 55 heavy (non-hydrogen) atoms.